The quantitative estimate of drug-likeness (QED) is 0.659. The molecule has 0 aliphatic rings. The third-order valence-corrected chi connectivity index (χ3v) is 1.81. The molecule has 3 nitrogen and oxygen atoms in total. The topological polar surface area (TPSA) is 41.1 Å². The molecule has 0 aliphatic carbocycles. The summed E-state index contributed by atoms with van der Waals surface area (Å²) in [5.41, 5.74) is 1.31. The van der Waals surface area contributed by atoms with Gasteiger partial charge in [0.05, 0.1) is 24.4 Å². The van der Waals surface area contributed by atoms with Gasteiger partial charge >= 0.3 is 0 Å². The van der Waals surface area contributed by atoms with Gasteiger partial charge in [-0.05, 0) is 6.07 Å². The van der Waals surface area contributed by atoms with Crippen LogP contribution >= 0.6 is 0 Å². The van der Waals surface area contributed by atoms with Gasteiger partial charge in [0.15, 0.2) is 0 Å². The zero-order chi connectivity index (χ0) is 9.26. The maximum atomic E-state index is 12.7. The Balaban J connectivity index is 2.63. The zero-order valence-corrected chi connectivity index (χ0v) is 6.74. The van der Waals surface area contributed by atoms with Crippen molar-refractivity contribution in [3.05, 3.63) is 36.0 Å². The van der Waals surface area contributed by atoms with Crippen molar-refractivity contribution in [1.29, 1.82) is 5.26 Å². The minimum atomic E-state index is -0.318. The molecule has 13 heavy (non-hydrogen) atoms. The maximum absolute atomic E-state index is 12.7. The first-order chi connectivity index (χ1) is 6.31. The van der Waals surface area contributed by atoms with Crippen LogP contribution in [0.25, 0.3) is 5.65 Å². The molecular weight excluding hydrogens is 169 g/mol. The third-order valence-electron chi connectivity index (χ3n) is 1.81. The highest BCUT2D eigenvalue weighted by Crippen LogP contribution is 2.08. The Bertz CT molecular complexity index is 481. The number of hydrogen-bond donors (Lipinski definition) is 0. The molecule has 0 amide bonds. The van der Waals surface area contributed by atoms with Crippen LogP contribution in [0.5, 0.6) is 0 Å². The van der Waals surface area contributed by atoms with Crippen molar-refractivity contribution in [1.82, 2.24) is 9.38 Å². The SMILES string of the molecule is N#CCc1cnc2cc(F)ccn12. The van der Waals surface area contributed by atoms with Crippen LogP contribution in [-0.2, 0) is 6.42 Å². The molecule has 2 heterocycles. The largest absolute Gasteiger partial charge is 0.303 e. The van der Waals surface area contributed by atoms with Gasteiger partial charge in [-0.3, -0.25) is 0 Å². The van der Waals surface area contributed by atoms with Gasteiger partial charge in [0.25, 0.3) is 0 Å². The normalized spacial score (nSPS) is 10.2. The van der Waals surface area contributed by atoms with Gasteiger partial charge in [0, 0.05) is 12.3 Å². The molecule has 0 radical (unpaired) electrons. The predicted octanol–water partition coefficient (Wildman–Crippen LogP) is 1.54. The molecule has 0 fully saturated rings. The molecular formula is C9H6FN3. The van der Waals surface area contributed by atoms with Gasteiger partial charge in [-0.1, -0.05) is 0 Å². The summed E-state index contributed by atoms with van der Waals surface area (Å²) in [5.74, 6) is -0.318. The van der Waals surface area contributed by atoms with E-state index in [1.165, 1.54) is 12.1 Å². The molecule has 0 aromatic carbocycles. The number of fused-ring (bicyclic) bond motifs is 1. The standard InChI is InChI=1S/C9H6FN3/c10-7-2-4-13-8(1-3-11)6-12-9(13)5-7/h2,4-6H,1H2. The van der Waals surface area contributed by atoms with E-state index in [9.17, 15) is 4.39 Å². The fraction of sp³-hybridized carbons (Fsp3) is 0.111. The highest BCUT2D eigenvalue weighted by Gasteiger charge is 2.02. The first kappa shape index (κ1) is 7.74. The Hall–Kier alpha value is -1.89. The Morgan fingerprint density at radius 2 is 2.46 bits per heavy atom. The van der Waals surface area contributed by atoms with Crippen molar-refractivity contribution in [3.63, 3.8) is 0 Å². The molecule has 2 aromatic heterocycles. The van der Waals surface area contributed by atoms with E-state index in [1.54, 1.807) is 16.8 Å². The Labute approximate surface area is 74.1 Å². The second-order valence-electron chi connectivity index (χ2n) is 2.66. The Kier molecular flexibility index (Phi) is 1.71. The number of nitrogens with zero attached hydrogens (tertiary/aromatic N) is 3. The summed E-state index contributed by atoms with van der Waals surface area (Å²) in [7, 11) is 0. The number of halogens is 1. The number of hydrogen-bond acceptors (Lipinski definition) is 2. The molecule has 0 unspecified atom stereocenters. The molecule has 0 saturated heterocycles. The second-order valence-corrected chi connectivity index (χ2v) is 2.66. The fourth-order valence-electron chi connectivity index (χ4n) is 1.22. The first-order valence-electron chi connectivity index (χ1n) is 3.79. The van der Waals surface area contributed by atoms with E-state index in [2.05, 4.69) is 4.98 Å². The summed E-state index contributed by atoms with van der Waals surface area (Å²) in [4.78, 5) is 3.97. The van der Waals surface area contributed by atoms with E-state index < -0.39 is 0 Å². The molecule has 2 rings (SSSR count). The number of rotatable bonds is 1. The molecule has 4 heteroatoms. The lowest BCUT2D eigenvalue weighted by atomic mass is 10.3. The average molecular weight is 175 g/mol. The summed E-state index contributed by atoms with van der Waals surface area (Å²) in [6.07, 6.45) is 3.44. The van der Waals surface area contributed by atoms with Crippen LogP contribution in [0.1, 0.15) is 5.69 Å². The third kappa shape index (κ3) is 1.25. The summed E-state index contributed by atoms with van der Waals surface area (Å²) >= 11 is 0. The Morgan fingerprint density at radius 3 is 3.23 bits per heavy atom. The highest BCUT2D eigenvalue weighted by molar-refractivity contribution is 5.40. The number of pyridine rings is 1. The van der Waals surface area contributed by atoms with Gasteiger partial charge < -0.3 is 4.40 Å². The first-order valence-corrected chi connectivity index (χ1v) is 3.79. The van der Waals surface area contributed by atoms with E-state index in [0.717, 1.165) is 5.69 Å². The van der Waals surface area contributed by atoms with Gasteiger partial charge in [-0.25, -0.2) is 9.37 Å². The van der Waals surface area contributed by atoms with Crippen molar-refractivity contribution in [2.24, 2.45) is 0 Å². The van der Waals surface area contributed by atoms with Crippen LogP contribution in [-0.4, -0.2) is 9.38 Å². The number of nitriles is 1. The monoisotopic (exact) mass is 175 g/mol. The fourth-order valence-corrected chi connectivity index (χ4v) is 1.22. The van der Waals surface area contributed by atoms with Crippen LogP contribution in [0.4, 0.5) is 4.39 Å². The van der Waals surface area contributed by atoms with Crippen molar-refractivity contribution in [2.45, 2.75) is 6.42 Å². The van der Waals surface area contributed by atoms with E-state index in [4.69, 9.17) is 5.26 Å². The predicted molar refractivity (Wildman–Crippen MR) is 44.5 cm³/mol. The minimum absolute atomic E-state index is 0.285. The lowest BCUT2D eigenvalue weighted by Crippen LogP contribution is -1.91. The van der Waals surface area contributed by atoms with Crippen LogP contribution < -0.4 is 0 Å². The molecule has 2 aromatic rings. The lowest BCUT2D eigenvalue weighted by Gasteiger charge is -1.95. The summed E-state index contributed by atoms with van der Waals surface area (Å²) in [5, 5.41) is 8.49. The van der Waals surface area contributed by atoms with E-state index in [1.807, 2.05) is 6.07 Å². The van der Waals surface area contributed by atoms with Crippen LogP contribution in [0.2, 0.25) is 0 Å². The zero-order valence-electron chi connectivity index (χ0n) is 6.74. The molecule has 0 bridgehead atoms. The Morgan fingerprint density at radius 1 is 1.62 bits per heavy atom. The molecule has 0 saturated carbocycles. The summed E-state index contributed by atoms with van der Waals surface area (Å²) in [6.45, 7) is 0. The number of aromatic nitrogens is 2. The minimum Gasteiger partial charge on any atom is -0.303 e. The molecule has 64 valence electrons. The lowest BCUT2D eigenvalue weighted by molar-refractivity contribution is 0.626. The van der Waals surface area contributed by atoms with Gasteiger partial charge in [0.2, 0.25) is 0 Å². The number of imidazole rings is 1. The summed E-state index contributed by atoms with van der Waals surface area (Å²) < 4.78 is 14.4. The molecule has 0 aliphatic heterocycles. The van der Waals surface area contributed by atoms with E-state index in [0.29, 0.717) is 5.65 Å². The van der Waals surface area contributed by atoms with Crippen LogP contribution in [0.15, 0.2) is 24.5 Å². The van der Waals surface area contributed by atoms with Gasteiger partial charge in [0.1, 0.15) is 11.5 Å². The van der Waals surface area contributed by atoms with Crippen molar-refractivity contribution in [2.75, 3.05) is 0 Å². The van der Waals surface area contributed by atoms with Crippen LogP contribution in [0.3, 0.4) is 0 Å². The highest BCUT2D eigenvalue weighted by atomic mass is 19.1. The van der Waals surface area contributed by atoms with Gasteiger partial charge in [-0.15, -0.1) is 0 Å². The molecule has 0 atom stereocenters. The maximum Gasteiger partial charge on any atom is 0.139 e. The summed E-state index contributed by atoms with van der Waals surface area (Å²) in [6, 6.07) is 4.70. The van der Waals surface area contributed by atoms with E-state index in [-0.39, 0.29) is 12.2 Å². The average Bonchev–Trinajstić information content (AvgIpc) is 2.49. The van der Waals surface area contributed by atoms with Gasteiger partial charge in [-0.2, -0.15) is 5.26 Å². The smallest absolute Gasteiger partial charge is 0.139 e. The van der Waals surface area contributed by atoms with Crippen molar-refractivity contribution >= 4 is 5.65 Å². The second kappa shape index (κ2) is 2.87. The van der Waals surface area contributed by atoms with Crippen molar-refractivity contribution in [3.8, 4) is 6.07 Å². The molecule has 0 N–H and O–H groups in total. The molecule has 0 spiro atoms. The van der Waals surface area contributed by atoms with Crippen molar-refractivity contribution < 1.29 is 4.39 Å². The van der Waals surface area contributed by atoms with E-state index >= 15 is 0 Å². The van der Waals surface area contributed by atoms with Crippen LogP contribution in [0, 0.1) is 17.1 Å².